The van der Waals surface area contributed by atoms with Crippen LogP contribution in [0, 0.1) is 5.82 Å². The molecule has 4 rings (SSSR count). The highest BCUT2D eigenvalue weighted by Crippen LogP contribution is 2.28. The van der Waals surface area contributed by atoms with Crippen molar-refractivity contribution in [2.24, 2.45) is 5.14 Å². The summed E-state index contributed by atoms with van der Waals surface area (Å²) in [6, 6.07) is 14.2. The number of benzene rings is 3. The Morgan fingerprint density at radius 2 is 1.79 bits per heavy atom. The third kappa shape index (κ3) is 4.77. The lowest BCUT2D eigenvalue weighted by molar-refractivity contribution is -0.115. The molecule has 1 aromatic heterocycles. The summed E-state index contributed by atoms with van der Waals surface area (Å²) in [5.41, 5.74) is 0.911. The number of nitrogens with one attached hydrogen (secondary N) is 1. The molecule has 0 unspecified atom stereocenters. The molecule has 0 saturated carbocycles. The average molecular weight is 487 g/mol. The van der Waals surface area contributed by atoms with Gasteiger partial charge in [0.2, 0.25) is 15.9 Å². The Bertz CT molecular complexity index is 1500. The van der Waals surface area contributed by atoms with E-state index in [-0.39, 0.29) is 33.5 Å². The Labute approximate surface area is 192 Å². The maximum Gasteiger partial charge on any atom is 0.278 e. The number of primary sulfonamides is 1. The first-order valence-electron chi connectivity index (χ1n) is 9.51. The van der Waals surface area contributed by atoms with Crippen molar-refractivity contribution in [2.75, 3.05) is 5.32 Å². The largest absolute Gasteiger partial charge is 0.326 e. The number of hydrogen-bond acceptors (Lipinski definition) is 5. The molecule has 3 aromatic carbocycles. The first kappa shape index (κ1) is 22.6. The van der Waals surface area contributed by atoms with E-state index in [0.29, 0.717) is 10.6 Å². The number of hydrogen-bond donors (Lipinski definition) is 2. The molecule has 0 aliphatic rings. The summed E-state index contributed by atoms with van der Waals surface area (Å²) >= 11 is 6.10. The molecular weight excluding hydrogens is 471 g/mol. The zero-order valence-corrected chi connectivity index (χ0v) is 18.4. The number of amides is 1. The van der Waals surface area contributed by atoms with Gasteiger partial charge in [0, 0.05) is 21.7 Å². The van der Waals surface area contributed by atoms with Gasteiger partial charge in [-0.3, -0.25) is 9.59 Å². The first-order chi connectivity index (χ1) is 15.6. The molecule has 0 saturated heterocycles. The summed E-state index contributed by atoms with van der Waals surface area (Å²) in [4.78, 5) is 25.2. The monoisotopic (exact) mass is 486 g/mol. The van der Waals surface area contributed by atoms with Gasteiger partial charge in [0.05, 0.1) is 23.0 Å². The molecule has 11 heteroatoms. The van der Waals surface area contributed by atoms with E-state index < -0.39 is 27.7 Å². The van der Waals surface area contributed by atoms with Crippen molar-refractivity contribution >= 4 is 50.0 Å². The van der Waals surface area contributed by atoms with Crippen LogP contribution in [-0.4, -0.2) is 30.0 Å². The summed E-state index contributed by atoms with van der Waals surface area (Å²) in [6.45, 7) is 0. The Morgan fingerprint density at radius 3 is 2.45 bits per heavy atom. The zero-order valence-electron chi connectivity index (χ0n) is 16.8. The van der Waals surface area contributed by atoms with Crippen molar-refractivity contribution in [3.63, 3.8) is 0 Å². The fraction of sp³-hybridized carbons (Fsp3) is 0.0455. The number of nitrogens with two attached hydrogens (primary N) is 1. The van der Waals surface area contributed by atoms with Crippen LogP contribution < -0.4 is 10.5 Å². The predicted octanol–water partition coefficient (Wildman–Crippen LogP) is 3.35. The Kier molecular flexibility index (Phi) is 5.98. The lowest BCUT2D eigenvalue weighted by Crippen LogP contribution is -2.18. The zero-order chi connectivity index (χ0) is 23.8. The van der Waals surface area contributed by atoms with Gasteiger partial charge in [0.25, 0.3) is 5.91 Å². The van der Waals surface area contributed by atoms with Crippen LogP contribution in [0.5, 0.6) is 0 Å². The van der Waals surface area contributed by atoms with E-state index in [1.807, 2.05) is 0 Å². The van der Waals surface area contributed by atoms with Gasteiger partial charge in [-0.2, -0.15) is 9.78 Å². The number of carbonyl (C=O) groups excluding carboxylic acids is 2. The minimum Gasteiger partial charge on any atom is -0.326 e. The number of rotatable bonds is 5. The molecule has 0 bridgehead atoms. The summed E-state index contributed by atoms with van der Waals surface area (Å²) in [5, 5.41) is 12.5. The van der Waals surface area contributed by atoms with Crippen molar-refractivity contribution in [1.29, 1.82) is 0 Å². The van der Waals surface area contributed by atoms with Crippen molar-refractivity contribution < 1.29 is 22.4 Å². The first-order valence-corrected chi connectivity index (χ1v) is 11.4. The van der Waals surface area contributed by atoms with Crippen LogP contribution in [0.1, 0.15) is 15.9 Å². The van der Waals surface area contributed by atoms with Gasteiger partial charge in [-0.15, -0.1) is 0 Å². The number of carbonyl (C=O) groups is 2. The summed E-state index contributed by atoms with van der Waals surface area (Å²) in [6.07, 6.45) is 1.13. The van der Waals surface area contributed by atoms with Gasteiger partial charge in [-0.25, -0.2) is 17.9 Å². The number of sulfonamides is 1. The maximum absolute atomic E-state index is 13.2. The summed E-state index contributed by atoms with van der Waals surface area (Å²) < 4.78 is 38.6. The van der Waals surface area contributed by atoms with Crippen LogP contribution in [0.2, 0.25) is 5.02 Å². The van der Waals surface area contributed by atoms with Crippen molar-refractivity contribution in [1.82, 2.24) is 9.78 Å². The lowest BCUT2D eigenvalue weighted by atomic mass is 10.1. The topological polar surface area (TPSA) is 124 Å². The minimum atomic E-state index is -4.22. The van der Waals surface area contributed by atoms with Crippen molar-refractivity contribution in [3.8, 4) is 0 Å². The number of aromatic nitrogens is 2. The highest BCUT2D eigenvalue weighted by molar-refractivity contribution is 7.89. The van der Waals surface area contributed by atoms with E-state index >= 15 is 0 Å². The van der Waals surface area contributed by atoms with E-state index in [9.17, 15) is 22.4 Å². The van der Waals surface area contributed by atoms with Crippen molar-refractivity contribution in [3.05, 3.63) is 88.8 Å². The quantitative estimate of drug-likeness (QED) is 0.447. The standard InChI is InChI=1S/C22H16ClFN4O4S/c23-18-4-2-1-3-14(18)9-21(29)27-16-10-19-17(20(11-16)33(25,31)32)12-26-28(19)22(30)13-5-7-15(24)8-6-13/h1-8,10-12H,9H2,(H,27,29)(H2,25,31,32). The fourth-order valence-electron chi connectivity index (χ4n) is 3.30. The highest BCUT2D eigenvalue weighted by atomic mass is 35.5. The Hall–Kier alpha value is -3.60. The van der Waals surface area contributed by atoms with Gasteiger partial charge < -0.3 is 5.32 Å². The van der Waals surface area contributed by atoms with Gasteiger partial charge >= 0.3 is 0 Å². The number of halogens is 2. The Balaban J connectivity index is 1.75. The summed E-state index contributed by atoms with van der Waals surface area (Å²) in [5.74, 6) is -1.60. The highest BCUT2D eigenvalue weighted by Gasteiger charge is 2.21. The second-order valence-corrected chi connectivity index (χ2v) is 9.07. The molecule has 0 aliphatic carbocycles. The molecule has 168 valence electrons. The van der Waals surface area contributed by atoms with Crippen molar-refractivity contribution in [2.45, 2.75) is 11.3 Å². The molecule has 0 atom stereocenters. The molecule has 0 aliphatic heterocycles. The van der Waals surface area contributed by atoms with Gasteiger partial charge in [-0.1, -0.05) is 29.8 Å². The van der Waals surface area contributed by atoms with Crippen LogP contribution in [0.15, 0.2) is 71.8 Å². The van der Waals surface area contributed by atoms with Crippen LogP contribution in [0.3, 0.4) is 0 Å². The second kappa shape index (κ2) is 8.74. The third-order valence-corrected chi connectivity index (χ3v) is 6.15. The molecule has 8 nitrogen and oxygen atoms in total. The fourth-order valence-corrected chi connectivity index (χ4v) is 4.26. The average Bonchev–Trinajstić information content (AvgIpc) is 3.18. The Morgan fingerprint density at radius 1 is 1.09 bits per heavy atom. The normalized spacial score (nSPS) is 11.5. The van der Waals surface area contributed by atoms with Gasteiger partial charge in [0.1, 0.15) is 5.82 Å². The maximum atomic E-state index is 13.2. The molecule has 3 N–H and O–H groups in total. The van der Waals surface area contributed by atoms with Crippen LogP contribution in [0.25, 0.3) is 10.9 Å². The van der Waals surface area contributed by atoms with E-state index in [4.69, 9.17) is 16.7 Å². The molecule has 1 heterocycles. The molecule has 0 spiro atoms. The van der Waals surface area contributed by atoms with Crippen LogP contribution >= 0.6 is 11.6 Å². The van der Waals surface area contributed by atoms with E-state index in [1.165, 1.54) is 30.5 Å². The number of fused-ring (bicyclic) bond motifs is 1. The molecule has 4 aromatic rings. The minimum absolute atomic E-state index is 0.0593. The molecule has 0 radical (unpaired) electrons. The SMILES string of the molecule is NS(=O)(=O)c1cc(NC(=O)Cc2ccccc2Cl)cc2c1cnn2C(=O)c1ccc(F)cc1. The third-order valence-electron chi connectivity index (χ3n) is 4.83. The van der Waals surface area contributed by atoms with Crippen LogP contribution in [-0.2, 0) is 21.2 Å². The van der Waals surface area contributed by atoms with E-state index in [0.717, 1.165) is 16.8 Å². The molecular formula is C22H16ClFN4O4S. The number of nitrogens with zero attached hydrogens (tertiary/aromatic N) is 2. The van der Waals surface area contributed by atoms with Gasteiger partial charge in [-0.05, 0) is 48.0 Å². The van der Waals surface area contributed by atoms with E-state index in [2.05, 4.69) is 10.4 Å². The van der Waals surface area contributed by atoms with Crippen LogP contribution in [0.4, 0.5) is 10.1 Å². The summed E-state index contributed by atoms with van der Waals surface area (Å²) in [7, 11) is -4.22. The molecule has 33 heavy (non-hydrogen) atoms. The molecule has 0 fully saturated rings. The van der Waals surface area contributed by atoms with E-state index in [1.54, 1.807) is 24.3 Å². The second-order valence-electron chi connectivity index (χ2n) is 7.14. The molecule has 1 amide bonds. The predicted molar refractivity (Wildman–Crippen MR) is 121 cm³/mol. The van der Waals surface area contributed by atoms with Gasteiger partial charge in [0.15, 0.2) is 0 Å². The lowest BCUT2D eigenvalue weighted by Gasteiger charge is -2.10. The number of anilines is 1. The smallest absolute Gasteiger partial charge is 0.278 e.